The van der Waals surface area contributed by atoms with Gasteiger partial charge in [-0.25, -0.2) is 0 Å². The third-order valence-electron chi connectivity index (χ3n) is 6.01. The molecule has 1 saturated carbocycles. The molecule has 1 atom stereocenters. The van der Waals surface area contributed by atoms with Crippen molar-refractivity contribution in [2.75, 3.05) is 6.54 Å². The molecular formula is C23H22N2O5. The fourth-order valence-electron chi connectivity index (χ4n) is 4.25. The van der Waals surface area contributed by atoms with Gasteiger partial charge in [-0.2, -0.15) is 0 Å². The summed E-state index contributed by atoms with van der Waals surface area (Å²) in [5.41, 5.74) is 2.06. The summed E-state index contributed by atoms with van der Waals surface area (Å²) in [6, 6.07) is 17.7. The average molecular weight is 406 g/mol. The van der Waals surface area contributed by atoms with E-state index in [1.54, 1.807) is 0 Å². The second kappa shape index (κ2) is 7.74. The smallest absolute Gasteiger partial charge is 0.322 e. The minimum absolute atomic E-state index is 0.238. The Balaban J connectivity index is 1.54. The first-order valence-electron chi connectivity index (χ1n) is 9.92. The number of likely N-dealkylation sites (tertiary alicyclic amines) is 1. The predicted octanol–water partition coefficient (Wildman–Crippen LogP) is 2.00. The van der Waals surface area contributed by atoms with E-state index >= 15 is 0 Å². The molecule has 1 heterocycles. The van der Waals surface area contributed by atoms with Crippen LogP contribution in [0.1, 0.15) is 24.8 Å². The zero-order valence-corrected chi connectivity index (χ0v) is 16.3. The lowest BCUT2D eigenvalue weighted by atomic mass is 9.72. The zero-order chi connectivity index (χ0) is 21.3. The Morgan fingerprint density at radius 1 is 1.00 bits per heavy atom. The summed E-state index contributed by atoms with van der Waals surface area (Å²) in [7, 11) is 0. The van der Waals surface area contributed by atoms with Gasteiger partial charge in [0.05, 0.1) is 0 Å². The highest BCUT2D eigenvalue weighted by Gasteiger charge is 2.62. The maximum absolute atomic E-state index is 13.0. The number of ketones is 1. The minimum atomic E-state index is -1.46. The number of nitrogens with zero attached hydrogens (tertiary/aromatic N) is 1. The number of carbonyl (C=O) groups is 4. The molecule has 2 aliphatic rings. The summed E-state index contributed by atoms with van der Waals surface area (Å²) >= 11 is 0. The molecule has 2 fully saturated rings. The van der Waals surface area contributed by atoms with E-state index in [0.717, 1.165) is 23.1 Å². The van der Waals surface area contributed by atoms with Gasteiger partial charge in [-0.05, 0) is 36.0 Å². The van der Waals surface area contributed by atoms with Crippen LogP contribution in [0.5, 0.6) is 0 Å². The van der Waals surface area contributed by atoms with Crippen molar-refractivity contribution in [3.8, 4) is 11.1 Å². The molecule has 0 aromatic heterocycles. The lowest BCUT2D eigenvalue weighted by Crippen LogP contribution is -2.54. The highest BCUT2D eigenvalue weighted by molar-refractivity contribution is 6.25. The SMILES string of the molecule is O=C(O)CNC(=O)C1C(=O)N(Cc2ccc(-c3ccccc3)cc2)C2(CCC2)C1=O. The fourth-order valence-corrected chi connectivity index (χ4v) is 4.25. The summed E-state index contributed by atoms with van der Waals surface area (Å²) in [5, 5.41) is 10.9. The summed E-state index contributed by atoms with van der Waals surface area (Å²) in [6.45, 7) is -0.383. The second-order valence-electron chi connectivity index (χ2n) is 7.78. The number of amides is 2. The van der Waals surface area contributed by atoms with Crippen molar-refractivity contribution in [3.63, 3.8) is 0 Å². The molecule has 1 spiro atoms. The van der Waals surface area contributed by atoms with E-state index < -0.39 is 41.6 Å². The number of benzene rings is 2. The van der Waals surface area contributed by atoms with Crippen molar-refractivity contribution in [3.05, 3.63) is 60.2 Å². The first-order chi connectivity index (χ1) is 14.4. The summed E-state index contributed by atoms with van der Waals surface area (Å²) in [6.07, 6.45) is 1.87. The van der Waals surface area contributed by atoms with Crippen LogP contribution in [0.3, 0.4) is 0 Å². The van der Waals surface area contributed by atoms with Crippen molar-refractivity contribution in [2.45, 2.75) is 31.3 Å². The van der Waals surface area contributed by atoms with Crippen molar-refractivity contribution in [2.24, 2.45) is 5.92 Å². The van der Waals surface area contributed by atoms with Crippen LogP contribution < -0.4 is 5.32 Å². The largest absolute Gasteiger partial charge is 0.480 e. The number of rotatable bonds is 6. The highest BCUT2D eigenvalue weighted by atomic mass is 16.4. The Hall–Kier alpha value is -3.48. The molecule has 1 unspecified atom stereocenters. The quantitative estimate of drug-likeness (QED) is 0.714. The third-order valence-corrected chi connectivity index (χ3v) is 6.01. The predicted molar refractivity (Wildman–Crippen MR) is 108 cm³/mol. The van der Waals surface area contributed by atoms with Crippen LogP contribution in [0.2, 0.25) is 0 Å². The molecule has 4 rings (SSSR count). The van der Waals surface area contributed by atoms with Crippen LogP contribution >= 0.6 is 0 Å². The second-order valence-corrected chi connectivity index (χ2v) is 7.78. The van der Waals surface area contributed by atoms with Crippen molar-refractivity contribution in [1.29, 1.82) is 0 Å². The summed E-state index contributed by atoms with van der Waals surface area (Å²) in [5.74, 6) is -4.49. The minimum Gasteiger partial charge on any atom is -0.480 e. The van der Waals surface area contributed by atoms with Gasteiger partial charge in [-0.3, -0.25) is 19.2 Å². The van der Waals surface area contributed by atoms with Gasteiger partial charge in [-0.15, -0.1) is 0 Å². The average Bonchev–Trinajstić information content (AvgIpc) is 2.94. The molecule has 7 nitrogen and oxygen atoms in total. The topological polar surface area (TPSA) is 104 Å². The van der Waals surface area contributed by atoms with E-state index in [9.17, 15) is 19.2 Å². The number of nitrogens with one attached hydrogen (secondary N) is 1. The molecule has 0 radical (unpaired) electrons. The van der Waals surface area contributed by atoms with Crippen molar-refractivity contribution >= 4 is 23.6 Å². The standard InChI is InChI=1S/C23H22N2O5/c26-18(27)13-24-21(29)19-20(28)23(11-4-12-23)25(22(19)30)14-15-7-9-17(10-8-15)16-5-2-1-3-6-16/h1-3,5-10,19H,4,11-14H2,(H,24,29)(H,26,27). The van der Waals surface area contributed by atoms with Gasteiger partial charge in [0.25, 0.3) is 0 Å². The van der Waals surface area contributed by atoms with Crippen LogP contribution in [-0.2, 0) is 25.7 Å². The first-order valence-corrected chi connectivity index (χ1v) is 9.92. The Labute approximate surface area is 173 Å². The molecule has 0 bridgehead atoms. The lowest BCUT2D eigenvalue weighted by molar-refractivity contribution is -0.143. The molecule has 2 aromatic rings. The molecule has 30 heavy (non-hydrogen) atoms. The van der Waals surface area contributed by atoms with Gasteiger partial charge >= 0.3 is 5.97 Å². The normalized spacial score (nSPS) is 19.6. The van der Waals surface area contributed by atoms with E-state index in [4.69, 9.17) is 5.11 Å². The van der Waals surface area contributed by atoms with Crippen LogP contribution in [0.4, 0.5) is 0 Å². The molecule has 154 valence electrons. The third kappa shape index (κ3) is 3.36. The van der Waals surface area contributed by atoms with Gasteiger partial charge in [0, 0.05) is 6.54 Å². The summed E-state index contributed by atoms with van der Waals surface area (Å²) in [4.78, 5) is 50.6. The van der Waals surface area contributed by atoms with E-state index in [1.807, 2.05) is 54.6 Å². The van der Waals surface area contributed by atoms with Gasteiger partial charge in [0.2, 0.25) is 11.8 Å². The fraction of sp³-hybridized carbons (Fsp3) is 0.304. The van der Waals surface area contributed by atoms with E-state index in [-0.39, 0.29) is 6.54 Å². The molecule has 7 heteroatoms. The molecule has 1 aliphatic heterocycles. The Bertz CT molecular complexity index is 996. The molecule has 1 aliphatic carbocycles. The van der Waals surface area contributed by atoms with Crippen LogP contribution in [0.25, 0.3) is 11.1 Å². The van der Waals surface area contributed by atoms with Crippen LogP contribution in [0, 0.1) is 5.92 Å². The number of hydrogen-bond donors (Lipinski definition) is 2. The van der Waals surface area contributed by atoms with E-state index in [1.165, 1.54) is 4.90 Å². The van der Waals surface area contributed by atoms with Crippen molar-refractivity contribution < 1.29 is 24.3 Å². The zero-order valence-electron chi connectivity index (χ0n) is 16.3. The van der Waals surface area contributed by atoms with E-state index in [0.29, 0.717) is 12.8 Å². The highest BCUT2D eigenvalue weighted by Crippen LogP contribution is 2.46. The monoisotopic (exact) mass is 406 g/mol. The number of aliphatic carboxylic acids is 1. The molecule has 2 N–H and O–H groups in total. The number of carboxylic acids is 1. The van der Waals surface area contributed by atoms with Crippen LogP contribution in [0.15, 0.2) is 54.6 Å². The maximum Gasteiger partial charge on any atom is 0.322 e. The van der Waals surface area contributed by atoms with Gasteiger partial charge in [0.15, 0.2) is 11.7 Å². The van der Waals surface area contributed by atoms with Gasteiger partial charge < -0.3 is 15.3 Å². The first kappa shape index (κ1) is 19.8. The number of Topliss-reactive ketones (excluding diaryl/α,β-unsaturated/α-hetero) is 1. The maximum atomic E-state index is 13.0. The van der Waals surface area contributed by atoms with Crippen molar-refractivity contribution in [1.82, 2.24) is 10.2 Å². The lowest BCUT2D eigenvalue weighted by Gasteiger charge is -2.44. The summed E-state index contributed by atoms with van der Waals surface area (Å²) < 4.78 is 0. The van der Waals surface area contributed by atoms with Gasteiger partial charge in [-0.1, -0.05) is 54.6 Å². The van der Waals surface area contributed by atoms with Crippen LogP contribution in [-0.4, -0.2) is 45.7 Å². The Kier molecular flexibility index (Phi) is 5.11. The molecule has 2 amide bonds. The molecule has 2 aromatic carbocycles. The van der Waals surface area contributed by atoms with Gasteiger partial charge in [0.1, 0.15) is 12.1 Å². The van der Waals surface area contributed by atoms with E-state index in [2.05, 4.69) is 5.32 Å². The number of carboxylic acid groups (broad SMARTS) is 1. The molecular weight excluding hydrogens is 384 g/mol. The molecule has 1 saturated heterocycles. The Morgan fingerprint density at radius 3 is 2.20 bits per heavy atom. The number of hydrogen-bond acceptors (Lipinski definition) is 4. The Morgan fingerprint density at radius 2 is 1.63 bits per heavy atom. The number of carbonyl (C=O) groups excluding carboxylic acids is 3.